The molecule has 1 aromatic rings. The van der Waals surface area contributed by atoms with E-state index in [1.54, 1.807) is 23.9 Å². The Morgan fingerprint density at radius 1 is 1.33 bits per heavy atom. The van der Waals surface area contributed by atoms with Gasteiger partial charge < -0.3 is 5.32 Å². The van der Waals surface area contributed by atoms with Crippen LogP contribution < -0.4 is 10.0 Å². The Labute approximate surface area is 133 Å². The Morgan fingerprint density at radius 2 is 2.05 bits per heavy atom. The van der Waals surface area contributed by atoms with E-state index in [-0.39, 0.29) is 6.04 Å². The van der Waals surface area contributed by atoms with Crippen LogP contribution in [0.5, 0.6) is 0 Å². The Balaban J connectivity index is 2.89. The third-order valence-electron chi connectivity index (χ3n) is 3.15. The molecular weight excluding hydrogens is 304 g/mol. The van der Waals surface area contributed by atoms with Crippen molar-refractivity contribution in [2.75, 3.05) is 18.6 Å². The smallest absolute Gasteiger partial charge is 0.240 e. The maximum Gasteiger partial charge on any atom is 0.240 e. The van der Waals surface area contributed by atoms with Gasteiger partial charge in [-0.3, -0.25) is 0 Å². The largest absolute Gasteiger partial charge is 0.313 e. The van der Waals surface area contributed by atoms with Gasteiger partial charge in [-0.15, -0.1) is 0 Å². The molecule has 6 heteroatoms. The average molecular weight is 331 g/mol. The second-order valence-electron chi connectivity index (χ2n) is 5.24. The summed E-state index contributed by atoms with van der Waals surface area (Å²) in [6.07, 6.45) is 3.03. The van der Waals surface area contributed by atoms with Crippen molar-refractivity contribution in [1.29, 1.82) is 0 Å². The fourth-order valence-electron chi connectivity index (χ4n) is 2.02. The Kier molecular flexibility index (Phi) is 7.73. The standard InChI is InChI=1S/C15H26N2O2S2/c1-5-8-16-10-14-9-15(7-6-12(14)2)21(18,19)17-13(3)11-20-4/h6-7,9,13,16-17H,5,8,10-11H2,1-4H3. The van der Waals surface area contributed by atoms with E-state index < -0.39 is 10.0 Å². The van der Waals surface area contributed by atoms with Gasteiger partial charge in [0.2, 0.25) is 10.0 Å². The van der Waals surface area contributed by atoms with Gasteiger partial charge in [0.25, 0.3) is 0 Å². The van der Waals surface area contributed by atoms with Crippen LogP contribution in [-0.4, -0.2) is 33.0 Å². The van der Waals surface area contributed by atoms with Crippen LogP contribution in [0.4, 0.5) is 0 Å². The van der Waals surface area contributed by atoms with E-state index in [0.717, 1.165) is 29.8 Å². The summed E-state index contributed by atoms with van der Waals surface area (Å²) in [4.78, 5) is 0.342. The maximum atomic E-state index is 12.4. The molecule has 1 rings (SSSR count). The van der Waals surface area contributed by atoms with E-state index in [2.05, 4.69) is 17.0 Å². The van der Waals surface area contributed by atoms with Crippen molar-refractivity contribution < 1.29 is 8.42 Å². The molecule has 0 fully saturated rings. The molecule has 0 saturated heterocycles. The van der Waals surface area contributed by atoms with Crippen LogP contribution in [0, 0.1) is 6.92 Å². The number of nitrogens with one attached hydrogen (secondary N) is 2. The van der Waals surface area contributed by atoms with Crippen molar-refractivity contribution in [3.63, 3.8) is 0 Å². The number of benzene rings is 1. The molecule has 0 aliphatic carbocycles. The second-order valence-corrected chi connectivity index (χ2v) is 7.87. The predicted octanol–water partition coefficient (Wildman–Crippen LogP) is 2.52. The van der Waals surface area contributed by atoms with Crippen molar-refractivity contribution in [2.45, 2.75) is 44.7 Å². The van der Waals surface area contributed by atoms with E-state index in [1.165, 1.54) is 0 Å². The normalized spacial score (nSPS) is 13.3. The third kappa shape index (κ3) is 5.98. The van der Waals surface area contributed by atoms with Crippen LogP contribution >= 0.6 is 11.8 Å². The SMILES string of the molecule is CCCNCc1cc(S(=O)(=O)NC(C)CSC)ccc1C. The van der Waals surface area contributed by atoms with Crippen LogP contribution in [0.15, 0.2) is 23.1 Å². The van der Waals surface area contributed by atoms with Crippen LogP contribution in [0.25, 0.3) is 0 Å². The molecule has 0 aliphatic rings. The molecule has 4 nitrogen and oxygen atoms in total. The number of rotatable bonds is 9. The first-order valence-electron chi connectivity index (χ1n) is 7.22. The lowest BCUT2D eigenvalue weighted by Gasteiger charge is -2.15. The van der Waals surface area contributed by atoms with Crippen LogP contribution in [-0.2, 0) is 16.6 Å². The molecule has 0 saturated carbocycles. The highest BCUT2D eigenvalue weighted by molar-refractivity contribution is 7.98. The second kappa shape index (κ2) is 8.78. The molecule has 1 atom stereocenters. The number of hydrogen-bond donors (Lipinski definition) is 2. The minimum Gasteiger partial charge on any atom is -0.313 e. The fourth-order valence-corrected chi connectivity index (χ4v) is 4.00. The molecule has 1 unspecified atom stereocenters. The summed E-state index contributed by atoms with van der Waals surface area (Å²) in [6.45, 7) is 7.62. The molecule has 1 aromatic carbocycles. The van der Waals surface area contributed by atoms with E-state index >= 15 is 0 Å². The van der Waals surface area contributed by atoms with Gasteiger partial charge in [-0.05, 0) is 56.3 Å². The monoisotopic (exact) mass is 330 g/mol. The van der Waals surface area contributed by atoms with Crippen molar-refractivity contribution >= 4 is 21.8 Å². The Hall–Kier alpha value is -0.560. The molecule has 0 aromatic heterocycles. The van der Waals surface area contributed by atoms with Crippen molar-refractivity contribution in [2.24, 2.45) is 0 Å². The van der Waals surface area contributed by atoms with Gasteiger partial charge in [-0.1, -0.05) is 13.0 Å². The zero-order valence-corrected chi connectivity index (χ0v) is 14.9. The average Bonchev–Trinajstić information content (AvgIpc) is 2.40. The molecule has 120 valence electrons. The summed E-state index contributed by atoms with van der Waals surface area (Å²) < 4.78 is 27.5. The molecule has 0 radical (unpaired) electrons. The summed E-state index contributed by atoms with van der Waals surface area (Å²) in [7, 11) is -3.44. The van der Waals surface area contributed by atoms with Gasteiger partial charge in [0.05, 0.1) is 4.90 Å². The van der Waals surface area contributed by atoms with Crippen molar-refractivity contribution in [1.82, 2.24) is 10.0 Å². The van der Waals surface area contributed by atoms with Gasteiger partial charge in [-0.2, -0.15) is 11.8 Å². The number of hydrogen-bond acceptors (Lipinski definition) is 4. The summed E-state index contributed by atoms with van der Waals surface area (Å²) in [6, 6.07) is 5.24. The van der Waals surface area contributed by atoms with Crippen LogP contribution in [0.1, 0.15) is 31.4 Å². The zero-order chi connectivity index (χ0) is 15.9. The van der Waals surface area contributed by atoms with E-state index in [1.807, 2.05) is 26.2 Å². The highest BCUT2D eigenvalue weighted by Crippen LogP contribution is 2.16. The summed E-state index contributed by atoms with van der Waals surface area (Å²) in [5, 5.41) is 3.31. The van der Waals surface area contributed by atoms with Crippen LogP contribution in [0.2, 0.25) is 0 Å². The zero-order valence-electron chi connectivity index (χ0n) is 13.3. The van der Waals surface area contributed by atoms with Gasteiger partial charge in [-0.25, -0.2) is 13.1 Å². The molecule has 2 N–H and O–H groups in total. The Morgan fingerprint density at radius 3 is 2.67 bits per heavy atom. The lowest BCUT2D eigenvalue weighted by atomic mass is 10.1. The number of aryl methyl sites for hydroxylation is 1. The highest BCUT2D eigenvalue weighted by Gasteiger charge is 2.18. The summed E-state index contributed by atoms with van der Waals surface area (Å²) >= 11 is 1.63. The molecule has 0 amide bonds. The highest BCUT2D eigenvalue weighted by atomic mass is 32.2. The summed E-state index contributed by atoms with van der Waals surface area (Å²) in [5.74, 6) is 0.760. The van der Waals surface area contributed by atoms with Gasteiger partial charge in [0, 0.05) is 18.3 Å². The number of sulfonamides is 1. The number of thioether (sulfide) groups is 1. The van der Waals surface area contributed by atoms with E-state index in [9.17, 15) is 8.42 Å². The predicted molar refractivity (Wildman–Crippen MR) is 91.3 cm³/mol. The summed E-state index contributed by atoms with van der Waals surface area (Å²) in [5.41, 5.74) is 2.14. The third-order valence-corrected chi connectivity index (χ3v) is 5.57. The first-order valence-corrected chi connectivity index (χ1v) is 10.1. The van der Waals surface area contributed by atoms with Gasteiger partial charge in [0.1, 0.15) is 0 Å². The molecule has 0 aliphatic heterocycles. The fraction of sp³-hybridized carbons (Fsp3) is 0.600. The van der Waals surface area contributed by atoms with Gasteiger partial charge >= 0.3 is 0 Å². The lowest BCUT2D eigenvalue weighted by molar-refractivity contribution is 0.570. The quantitative estimate of drug-likeness (QED) is 0.683. The van der Waals surface area contributed by atoms with E-state index in [0.29, 0.717) is 11.4 Å². The molecule has 0 heterocycles. The molecule has 21 heavy (non-hydrogen) atoms. The maximum absolute atomic E-state index is 12.4. The first kappa shape index (κ1) is 18.5. The van der Waals surface area contributed by atoms with Gasteiger partial charge in [0.15, 0.2) is 0 Å². The molecule has 0 bridgehead atoms. The topological polar surface area (TPSA) is 58.2 Å². The Bertz CT molecular complexity index is 545. The van der Waals surface area contributed by atoms with Crippen molar-refractivity contribution in [3.8, 4) is 0 Å². The minimum atomic E-state index is -3.44. The van der Waals surface area contributed by atoms with E-state index in [4.69, 9.17) is 0 Å². The lowest BCUT2D eigenvalue weighted by Crippen LogP contribution is -2.34. The minimum absolute atomic E-state index is 0.0760. The first-order chi connectivity index (χ1) is 9.90. The molecular formula is C15H26N2O2S2. The van der Waals surface area contributed by atoms with Crippen molar-refractivity contribution in [3.05, 3.63) is 29.3 Å². The van der Waals surface area contributed by atoms with Crippen LogP contribution in [0.3, 0.4) is 0 Å². The molecule has 0 spiro atoms.